The summed E-state index contributed by atoms with van der Waals surface area (Å²) in [6.45, 7) is 3.41. The molecule has 1 aromatic carbocycles. The van der Waals surface area contributed by atoms with Crippen LogP contribution < -0.4 is 10.6 Å². The summed E-state index contributed by atoms with van der Waals surface area (Å²) in [5, 5.41) is 7.21. The van der Waals surface area contributed by atoms with Gasteiger partial charge in [0.25, 0.3) is 5.91 Å². The topological polar surface area (TPSA) is 41.1 Å². The number of halogens is 1. The average molecular weight is 309 g/mol. The highest BCUT2D eigenvalue weighted by atomic mass is 35.5. The Labute approximate surface area is 132 Å². The van der Waals surface area contributed by atoms with Crippen molar-refractivity contribution in [2.24, 2.45) is 0 Å². The fourth-order valence-corrected chi connectivity index (χ4v) is 2.94. The maximum Gasteiger partial charge on any atom is 0.251 e. The molecule has 2 N–H and O–H groups in total. The summed E-state index contributed by atoms with van der Waals surface area (Å²) >= 11 is 5.97. The van der Waals surface area contributed by atoms with Crippen LogP contribution in [0.25, 0.3) is 0 Å². The van der Waals surface area contributed by atoms with Gasteiger partial charge >= 0.3 is 0 Å². The number of hydrogen-bond acceptors (Lipinski definition) is 2. The molecule has 0 aromatic heterocycles. The zero-order valence-electron chi connectivity index (χ0n) is 12.8. The van der Waals surface area contributed by atoms with E-state index in [4.69, 9.17) is 11.6 Å². The fraction of sp³-hybridized carbons (Fsp3) is 0.588. The second-order valence-corrected chi connectivity index (χ2v) is 6.27. The Morgan fingerprint density at radius 3 is 2.57 bits per heavy atom. The van der Waals surface area contributed by atoms with Crippen LogP contribution in [-0.2, 0) is 0 Å². The van der Waals surface area contributed by atoms with Gasteiger partial charge in [0.1, 0.15) is 0 Å². The number of rotatable bonds is 5. The van der Waals surface area contributed by atoms with Crippen LogP contribution in [0, 0.1) is 6.92 Å². The maximum atomic E-state index is 12.0. The molecule has 1 fully saturated rings. The lowest BCUT2D eigenvalue weighted by Gasteiger charge is -2.16. The van der Waals surface area contributed by atoms with E-state index < -0.39 is 0 Å². The van der Waals surface area contributed by atoms with Crippen molar-refractivity contribution in [3.8, 4) is 0 Å². The predicted molar refractivity (Wildman–Crippen MR) is 88.0 cm³/mol. The van der Waals surface area contributed by atoms with Gasteiger partial charge in [0, 0.05) is 29.7 Å². The molecule has 0 radical (unpaired) electrons. The molecular weight excluding hydrogens is 284 g/mol. The van der Waals surface area contributed by atoms with Gasteiger partial charge in [-0.15, -0.1) is 0 Å². The minimum absolute atomic E-state index is 0.0302. The first-order valence-corrected chi connectivity index (χ1v) is 8.32. The highest BCUT2D eigenvalue weighted by molar-refractivity contribution is 6.31. The van der Waals surface area contributed by atoms with Crippen molar-refractivity contribution < 1.29 is 4.79 Å². The second kappa shape index (κ2) is 8.40. The third kappa shape index (κ3) is 5.33. The maximum absolute atomic E-state index is 12.0. The Bertz CT molecular complexity index is 468. The summed E-state index contributed by atoms with van der Waals surface area (Å²) in [6.07, 6.45) is 7.92. The molecule has 0 aliphatic heterocycles. The van der Waals surface area contributed by atoms with E-state index in [0.29, 0.717) is 23.2 Å². The Hall–Kier alpha value is -1.06. The summed E-state index contributed by atoms with van der Waals surface area (Å²) in [4.78, 5) is 12.0. The summed E-state index contributed by atoms with van der Waals surface area (Å²) < 4.78 is 0. The fourth-order valence-electron chi connectivity index (χ4n) is 2.82. The predicted octanol–water partition coefficient (Wildman–Crippen LogP) is 3.69. The minimum Gasteiger partial charge on any atom is -0.351 e. The van der Waals surface area contributed by atoms with Crippen LogP contribution >= 0.6 is 11.6 Å². The van der Waals surface area contributed by atoms with Gasteiger partial charge in [-0.1, -0.05) is 37.3 Å². The number of amides is 1. The van der Waals surface area contributed by atoms with Crippen LogP contribution in [-0.4, -0.2) is 25.0 Å². The average Bonchev–Trinajstić information content (AvgIpc) is 2.75. The van der Waals surface area contributed by atoms with Crippen molar-refractivity contribution in [2.45, 2.75) is 51.5 Å². The molecule has 0 unspecified atom stereocenters. The number of nitrogens with one attached hydrogen (secondary N) is 2. The summed E-state index contributed by atoms with van der Waals surface area (Å²) in [5.74, 6) is -0.0302. The van der Waals surface area contributed by atoms with Gasteiger partial charge in [-0.3, -0.25) is 4.79 Å². The Balaban J connectivity index is 1.70. The first-order valence-electron chi connectivity index (χ1n) is 7.94. The number of carbonyl (C=O) groups is 1. The first kappa shape index (κ1) is 16.3. The van der Waals surface area contributed by atoms with Crippen molar-refractivity contribution >= 4 is 17.5 Å². The minimum atomic E-state index is -0.0302. The third-order valence-corrected chi connectivity index (χ3v) is 4.54. The summed E-state index contributed by atoms with van der Waals surface area (Å²) in [7, 11) is 0. The zero-order valence-corrected chi connectivity index (χ0v) is 13.5. The van der Waals surface area contributed by atoms with Gasteiger partial charge in [-0.2, -0.15) is 0 Å². The van der Waals surface area contributed by atoms with Crippen molar-refractivity contribution in [2.75, 3.05) is 13.1 Å². The van der Waals surface area contributed by atoms with Crippen molar-refractivity contribution in [3.05, 3.63) is 34.3 Å². The second-order valence-electron chi connectivity index (χ2n) is 5.86. The Morgan fingerprint density at radius 2 is 1.90 bits per heavy atom. The first-order chi connectivity index (χ1) is 10.2. The number of carbonyl (C=O) groups excluding carboxylic acids is 1. The van der Waals surface area contributed by atoms with Crippen LogP contribution in [0.1, 0.15) is 54.4 Å². The zero-order chi connectivity index (χ0) is 15.1. The molecule has 1 amide bonds. The molecule has 2 rings (SSSR count). The largest absolute Gasteiger partial charge is 0.351 e. The van der Waals surface area contributed by atoms with E-state index in [1.165, 1.54) is 38.5 Å². The van der Waals surface area contributed by atoms with E-state index in [1.54, 1.807) is 12.1 Å². The molecule has 0 heterocycles. The lowest BCUT2D eigenvalue weighted by molar-refractivity contribution is 0.0953. The third-order valence-electron chi connectivity index (χ3n) is 4.12. The molecule has 1 aliphatic carbocycles. The van der Waals surface area contributed by atoms with E-state index in [9.17, 15) is 4.79 Å². The molecule has 4 heteroatoms. The van der Waals surface area contributed by atoms with E-state index in [0.717, 1.165) is 12.1 Å². The number of hydrogen-bond donors (Lipinski definition) is 2. The van der Waals surface area contributed by atoms with E-state index in [1.807, 2.05) is 13.0 Å². The summed E-state index contributed by atoms with van der Waals surface area (Å²) in [5.41, 5.74) is 1.60. The SMILES string of the molecule is Cc1cc(C(=O)NCCNC2CCCCCC2)ccc1Cl. The van der Waals surface area contributed by atoms with Gasteiger partial charge in [0.2, 0.25) is 0 Å². The molecular formula is C17H25ClN2O. The normalized spacial score (nSPS) is 16.5. The molecule has 3 nitrogen and oxygen atoms in total. The van der Waals surface area contributed by atoms with Crippen LogP contribution in [0.15, 0.2) is 18.2 Å². The standard InChI is InChI=1S/C17H25ClN2O/c1-13-12-14(8-9-16(13)18)17(21)20-11-10-19-15-6-4-2-3-5-7-15/h8-9,12,15,19H,2-7,10-11H2,1H3,(H,20,21). The van der Waals surface area contributed by atoms with E-state index >= 15 is 0 Å². The highest BCUT2D eigenvalue weighted by Gasteiger charge is 2.11. The Morgan fingerprint density at radius 1 is 1.19 bits per heavy atom. The van der Waals surface area contributed by atoms with Gasteiger partial charge in [0.05, 0.1) is 0 Å². The van der Waals surface area contributed by atoms with Gasteiger partial charge in [-0.25, -0.2) is 0 Å². The Kier molecular flexibility index (Phi) is 6.52. The molecule has 0 atom stereocenters. The van der Waals surface area contributed by atoms with Gasteiger partial charge in [0.15, 0.2) is 0 Å². The van der Waals surface area contributed by atoms with Crippen molar-refractivity contribution in [1.82, 2.24) is 10.6 Å². The van der Waals surface area contributed by atoms with Crippen LogP contribution in [0.5, 0.6) is 0 Å². The lowest BCUT2D eigenvalue weighted by atomic mass is 10.1. The monoisotopic (exact) mass is 308 g/mol. The number of aryl methyl sites for hydroxylation is 1. The van der Waals surface area contributed by atoms with E-state index in [-0.39, 0.29) is 5.91 Å². The molecule has 1 aliphatic rings. The molecule has 0 saturated heterocycles. The van der Waals surface area contributed by atoms with Gasteiger partial charge in [-0.05, 0) is 43.5 Å². The van der Waals surface area contributed by atoms with Crippen molar-refractivity contribution in [1.29, 1.82) is 0 Å². The van der Waals surface area contributed by atoms with Crippen LogP contribution in [0.4, 0.5) is 0 Å². The van der Waals surface area contributed by atoms with Gasteiger partial charge < -0.3 is 10.6 Å². The molecule has 116 valence electrons. The molecule has 0 bridgehead atoms. The van der Waals surface area contributed by atoms with E-state index in [2.05, 4.69) is 10.6 Å². The molecule has 21 heavy (non-hydrogen) atoms. The van der Waals surface area contributed by atoms with Crippen LogP contribution in [0.2, 0.25) is 5.02 Å². The quantitative estimate of drug-likeness (QED) is 0.643. The van der Waals surface area contributed by atoms with Crippen LogP contribution in [0.3, 0.4) is 0 Å². The smallest absolute Gasteiger partial charge is 0.251 e. The van der Waals surface area contributed by atoms with Crippen molar-refractivity contribution in [3.63, 3.8) is 0 Å². The molecule has 1 saturated carbocycles. The summed E-state index contributed by atoms with van der Waals surface area (Å²) in [6, 6.07) is 6.00. The lowest BCUT2D eigenvalue weighted by Crippen LogP contribution is -2.36. The molecule has 1 aromatic rings. The molecule has 0 spiro atoms. The number of benzene rings is 1. The highest BCUT2D eigenvalue weighted by Crippen LogP contribution is 2.17.